The summed E-state index contributed by atoms with van der Waals surface area (Å²) in [5.74, 6) is -1.19. The van der Waals surface area contributed by atoms with Gasteiger partial charge >= 0.3 is 5.97 Å². The highest BCUT2D eigenvalue weighted by atomic mass is 35.5. The first-order chi connectivity index (χ1) is 15.2. The molecule has 1 aromatic heterocycles. The molecule has 0 radical (unpaired) electrons. The van der Waals surface area contributed by atoms with E-state index in [1.54, 1.807) is 22.9 Å². The average Bonchev–Trinajstić information content (AvgIpc) is 3.04. The number of hydrogen-bond donors (Lipinski definition) is 1. The molecule has 1 atom stereocenters. The van der Waals surface area contributed by atoms with Crippen LogP contribution in [0.25, 0.3) is 5.69 Å². The van der Waals surface area contributed by atoms with E-state index >= 15 is 0 Å². The maximum atomic E-state index is 13.3. The van der Waals surface area contributed by atoms with Crippen LogP contribution in [0.1, 0.15) is 35.0 Å². The number of carbonyl (C=O) groups is 2. The molecule has 0 saturated heterocycles. The fourth-order valence-electron chi connectivity index (χ4n) is 3.40. The van der Waals surface area contributed by atoms with Gasteiger partial charge in [0.25, 0.3) is 0 Å². The van der Waals surface area contributed by atoms with Gasteiger partial charge < -0.3 is 10.1 Å². The number of rotatable bonds is 7. The number of nitrogens with one attached hydrogen (secondary N) is 1. The number of benzene rings is 2. The summed E-state index contributed by atoms with van der Waals surface area (Å²) in [6.45, 7) is 3.67. The summed E-state index contributed by atoms with van der Waals surface area (Å²) >= 11 is 12.1. The summed E-state index contributed by atoms with van der Waals surface area (Å²) < 4.78 is 19.7. The molecular weight excluding hydrogens is 456 g/mol. The van der Waals surface area contributed by atoms with E-state index in [0.29, 0.717) is 21.3 Å². The Labute approximate surface area is 195 Å². The molecular formula is C23H22Cl2FN3O3. The first-order valence-electron chi connectivity index (χ1n) is 9.81. The lowest BCUT2D eigenvalue weighted by molar-refractivity contribution is -0.141. The largest absolute Gasteiger partial charge is 0.469 e. The zero-order valence-corrected chi connectivity index (χ0v) is 19.3. The lowest BCUT2D eigenvalue weighted by Crippen LogP contribution is -2.32. The minimum atomic E-state index is -0.652. The van der Waals surface area contributed by atoms with Gasteiger partial charge in [0.15, 0.2) is 0 Å². The maximum Gasteiger partial charge on any atom is 0.307 e. The van der Waals surface area contributed by atoms with Crippen LogP contribution in [0.15, 0.2) is 42.5 Å². The molecule has 168 valence electrons. The fourth-order valence-corrected chi connectivity index (χ4v) is 3.69. The van der Waals surface area contributed by atoms with E-state index in [9.17, 15) is 14.0 Å². The summed E-state index contributed by atoms with van der Waals surface area (Å²) in [4.78, 5) is 24.7. The predicted molar refractivity (Wildman–Crippen MR) is 121 cm³/mol. The van der Waals surface area contributed by atoms with Crippen LogP contribution in [-0.2, 0) is 20.7 Å². The minimum absolute atomic E-state index is 0.0534. The van der Waals surface area contributed by atoms with Crippen molar-refractivity contribution in [2.45, 2.75) is 32.7 Å². The molecule has 3 aromatic rings. The molecule has 0 spiro atoms. The Balaban J connectivity index is 1.82. The Kier molecular flexibility index (Phi) is 7.53. The summed E-state index contributed by atoms with van der Waals surface area (Å²) in [7, 11) is 1.27. The minimum Gasteiger partial charge on any atom is -0.469 e. The number of esters is 1. The van der Waals surface area contributed by atoms with Crippen molar-refractivity contribution in [3.8, 4) is 5.69 Å². The highest BCUT2D eigenvalue weighted by Gasteiger charge is 2.22. The van der Waals surface area contributed by atoms with Crippen LogP contribution < -0.4 is 5.32 Å². The molecule has 0 aliphatic carbocycles. The number of aryl methyl sites for hydroxylation is 1. The van der Waals surface area contributed by atoms with Crippen molar-refractivity contribution in [1.29, 1.82) is 0 Å². The van der Waals surface area contributed by atoms with Gasteiger partial charge in [0.1, 0.15) is 5.82 Å². The van der Waals surface area contributed by atoms with Crippen LogP contribution in [0.4, 0.5) is 4.39 Å². The summed E-state index contributed by atoms with van der Waals surface area (Å²) in [6.07, 6.45) is -0.0216. The van der Waals surface area contributed by atoms with Gasteiger partial charge in [-0.1, -0.05) is 35.3 Å². The third kappa shape index (κ3) is 5.47. The van der Waals surface area contributed by atoms with Crippen LogP contribution in [0, 0.1) is 19.7 Å². The van der Waals surface area contributed by atoms with Gasteiger partial charge in [0.2, 0.25) is 5.91 Å². The number of methoxy groups -OCH3 is 1. The molecule has 0 aliphatic rings. The van der Waals surface area contributed by atoms with Crippen LogP contribution in [-0.4, -0.2) is 28.8 Å². The molecule has 6 nitrogen and oxygen atoms in total. The number of halogens is 3. The standard InChI is InChI=1S/C23H22Cl2FN3O3/c1-13-18(14(2)29(28-13)17-8-9-19(24)20(25)10-17)11-22(30)27-21(12-23(31)32-3)15-4-6-16(26)7-5-15/h4-10,21H,11-12H2,1-3H3,(H,27,30)/t21-/m1/s1. The van der Waals surface area contributed by atoms with Crippen molar-refractivity contribution < 1.29 is 18.7 Å². The topological polar surface area (TPSA) is 73.2 Å². The smallest absolute Gasteiger partial charge is 0.307 e. The molecule has 0 aliphatic heterocycles. The molecule has 1 N–H and O–H groups in total. The van der Waals surface area contributed by atoms with Crippen LogP contribution in [0.3, 0.4) is 0 Å². The summed E-state index contributed by atoms with van der Waals surface area (Å²) in [5, 5.41) is 8.22. The molecule has 1 amide bonds. The van der Waals surface area contributed by atoms with Gasteiger partial charge in [0.05, 0.1) is 47.4 Å². The second-order valence-electron chi connectivity index (χ2n) is 7.29. The summed E-state index contributed by atoms with van der Waals surface area (Å²) in [5.41, 5.74) is 3.55. The van der Waals surface area contributed by atoms with Gasteiger partial charge in [-0.2, -0.15) is 5.10 Å². The third-order valence-corrected chi connectivity index (χ3v) is 5.87. The first-order valence-corrected chi connectivity index (χ1v) is 10.6. The monoisotopic (exact) mass is 477 g/mol. The molecule has 0 bridgehead atoms. The summed E-state index contributed by atoms with van der Waals surface area (Å²) in [6, 6.07) is 10.1. The van der Waals surface area contributed by atoms with E-state index in [1.165, 1.54) is 31.4 Å². The Bertz CT molecular complexity index is 1150. The molecule has 0 fully saturated rings. The molecule has 3 rings (SSSR count). The Morgan fingerprint density at radius 3 is 2.44 bits per heavy atom. The maximum absolute atomic E-state index is 13.3. The van der Waals surface area contributed by atoms with Gasteiger partial charge in [0, 0.05) is 11.3 Å². The lowest BCUT2D eigenvalue weighted by Gasteiger charge is -2.18. The quantitative estimate of drug-likeness (QED) is 0.491. The van der Waals surface area contributed by atoms with E-state index in [0.717, 1.165) is 16.9 Å². The van der Waals surface area contributed by atoms with Crippen molar-refractivity contribution in [3.63, 3.8) is 0 Å². The van der Waals surface area contributed by atoms with Crippen LogP contribution in [0.5, 0.6) is 0 Å². The Hall–Kier alpha value is -2.90. The van der Waals surface area contributed by atoms with Crippen molar-refractivity contribution >= 4 is 35.1 Å². The van der Waals surface area contributed by atoms with Gasteiger partial charge in [-0.15, -0.1) is 0 Å². The van der Waals surface area contributed by atoms with Gasteiger partial charge in [-0.25, -0.2) is 9.07 Å². The number of carbonyl (C=O) groups excluding carboxylic acids is 2. The van der Waals surface area contributed by atoms with E-state index in [-0.39, 0.29) is 18.7 Å². The zero-order valence-electron chi connectivity index (χ0n) is 17.8. The molecule has 0 unspecified atom stereocenters. The lowest BCUT2D eigenvalue weighted by atomic mass is 10.0. The van der Waals surface area contributed by atoms with Crippen LogP contribution in [0.2, 0.25) is 10.0 Å². The highest BCUT2D eigenvalue weighted by molar-refractivity contribution is 6.42. The normalized spacial score (nSPS) is 11.8. The van der Waals surface area contributed by atoms with Crippen molar-refractivity contribution in [2.24, 2.45) is 0 Å². The SMILES string of the molecule is COC(=O)C[C@@H](NC(=O)Cc1c(C)nn(-c2ccc(Cl)c(Cl)c2)c1C)c1ccc(F)cc1. The van der Waals surface area contributed by atoms with E-state index < -0.39 is 17.8 Å². The van der Waals surface area contributed by atoms with E-state index in [4.69, 9.17) is 27.9 Å². The Morgan fingerprint density at radius 2 is 1.81 bits per heavy atom. The number of ether oxygens (including phenoxy) is 1. The number of hydrogen-bond acceptors (Lipinski definition) is 4. The number of amides is 1. The number of aromatic nitrogens is 2. The second-order valence-corrected chi connectivity index (χ2v) is 8.10. The number of nitrogens with zero attached hydrogens (tertiary/aromatic N) is 2. The van der Waals surface area contributed by atoms with Gasteiger partial charge in [-0.05, 0) is 49.7 Å². The van der Waals surface area contributed by atoms with Crippen molar-refractivity contribution in [1.82, 2.24) is 15.1 Å². The van der Waals surface area contributed by atoms with E-state index in [1.807, 2.05) is 13.8 Å². The molecule has 9 heteroatoms. The highest BCUT2D eigenvalue weighted by Crippen LogP contribution is 2.26. The second kappa shape index (κ2) is 10.1. The molecule has 32 heavy (non-hydrogen) atoms. The van der Waals surface area contributed by atoms with Gasteiger partial charge in [-0.3, -0.25) is 9.59 Å². The zero-order chi connectivity index (χ0) is 23.4. The first kappa shape index (κ1) is 23.8. The van der Waals surface area contributed by atoms with E-state index in [2.05, 4.69) is 10.4 Å². The van der Waals surface area contributed by atoms with Crippen LogP contribution >= 0.6 is 23.2 Å². The van der Waals surface area contributed by atoms with Crippen molar-refractivity contribution in [3.05, 3.63) is 80.8 Å². The molecule has 2 aromatic carbocycles. The predicted octanol–water partition coefficient (Wildman–Crippen LogP) is 4.90. The fraction of sp³-hybridized carbons (Fsp3) is 0.261. The molecule has 1 heterocycles. The molecule has 0 saturated carbocycles. The van der Waals surface area contributed by atoms with Crippen molar-refractivity contribution in [2.75, 3.05) is 7.11 Å². The average molecular weight is 478 g/mol. The third-order valence-electron chi connectivity index (χ3n) is 5.13. The Morgan fingerprint density at radius 1 is 1.12 bits per heavy atom.